The van der Waals surface area contributed by atoms with Gasteiger partial charge in [0.05, 0.1) is 11.8 Å². The van der Waals surface area contributed by atoms with Gasteiger partial charge in [0.2, 0.25) is 0 Å². The summed E-state index contributed by atoms with van der Waals surface area (Å²) in [4.78, 5) is 0. The second kappa shape index (κ2) is 8.39. The molecule has 0 saturated heterocycles. The van der Waals surface area contributed by atoms with Crippen molar-refractivity contribution in [3.8, 4) is 5.75 Å². The van der Waals surface area contributed by atoms with Crippen LogP contribution in [0.2, 0.25) is 0 Å². The monoisotopic (exact) mass is 431 g/mol. The summed E-state index contributed by atoms with van der Waals surface area (Å²) in [5, 5.41) is 17.3. The lowest BCUT2D eigenvalue weighted by Gasteiger charge is -2.11. The lowest BCUT2D eigenvalue weighted by atomic mass is 10.1. The second-order valence-electron chi connectivity index (χ2n) is 4.85. The molecule has 0 aliphatic rings. The maximum absolute atomic E-state index is 12.8. The van der Waals surface area contributed by atoms with Gasteiger partial charge in [-0.3, -0.25) is 0 Å². The largest absolute Gasteiger partial charge is 0.507 e. The summed E-state index contributed by atoms with van der Waals surface area (Å²) in [6, 6.07) is 11.7. The number of hydrogen-bond acceptors (Lipinski definition) is 4. The Hall–Kier alpha value is -2.00. The van der Waals surface area contributed by atoms with Crippen molar-refractivity contribution in [2.75, 3.05) is 0 Å². The zero-order valence-electron chi connectivity index (χ0n) is 12.7. The number of amidine groups is 1. The van der Waals surface area contributed by atoms with Gasteiger partial charge < -0.3 is 10.8 Å². The Morgan fingerprint density at radius 1 is 1.24 bits per heavy atom. The van der Waals surface area contributed by atoms with E-state index in [0.29, 0.717) is 5.75 Å². The minimum absolute atomic E-state index is 0.119. The van der Waals surface area contributed by atoms with Gasteiger partial charge in [0, 0.05) is 15.8 Å². The molecule has 2 rings (SSSR count). The van der Waals surface area contributed by atoms with Crippen LogP contribution in [0.1, 0.15) is 16.7 Å². The van der Waals surface area contributed by atoms with Crippen molar-refractivity contribution in [1.29, 1.82) is 0 Å². The highest BCUT2D eigenvalue weighted by atomic mass is 79.9. The Bertz CT molecular complexity index is 795. The van der Waals surface area contributed by atoms with Crippen molar-refractivity contribution in [2.45, 2.75) is 11.9 Å². The molecule has 132 valence electrons. The highest BCUT2D eigenvalue weighted by Gasteiger charge is 2.35. The summed E-state index contributed by atoms with van der Waals surface area (Å²) in [5.41, 5.74) is 5.48. The molecule has 0 spiro atoms. The maximum Gasteiger partial charge on any atom is 0.420 e. The van der Waals surface area contributed by atoms with E-state index in [-0.39, 0.29) is 15.2 Å². The van der Waals surface area contributed by atoms with Crippen LogP contribution >= 0.6 is 27.7 Å². The van der Waals surface area contributed by atoms with E-state index >= 15 is 0 Å². The predicted octanol–water partition coefficient (Wildman–Crippen LogP) is 4.76. The fraction of sp³-hybridized carbons (Fsp3) is 0.125. The summed E-state index contributed by atoms with van der Waals surface area (Å²) in [5.74, 6) is -0.323. The van der Waals surface area contributed by atoms with Crippen molar-refractivity contribution in [1.82, 2.24) is 0 Å². The van der Waals surface area contributed by atoms with Crippen molar-refractivity contribution >= 4 is 39.1 Å². The second-order valence-corrected chi connectivity index (χ2v) is 6.76. The minimum Gasteiger partial charge on any atom is -0.507 e. The van der Waals surface area contributed by atoms with Crippen LogP contribution in [0.3, 0.4) is 0 Å². The minimum atomic E-state index is -4.68. The van der Waals surface area contributed by atoms with Crippen LogP contribution < -0.4 is 5.73 Å². The lowest BCUT2D eigenvalue weighted by molar-refractivity contribution is -0.138. The SMILES string of the molecule is NC(=NN=Cc1cc(Br)cc(C(F)(F)F)c1O)SCc1ccccc1. The molecule has 4 nitrogen and oxygen atoms in total. The number of phenols is 1. The number of benzene rings is 2. The first kappa shape index (κ1) is 19.3. The number of phenolic OH excluding ortho intramolecular Hbond substituents is 1. The predicted molar refractivity (Wildman–Crippen MR) is 97.8 cm³/mol. The van der Waals surface area contributed by atoms with E-state index in [1.807, 2.05) is 30.3 Å². The van der Waals surface area contributed by atoms with Gasteiger partial charge in [0.15, 0.2) is 5.17 Å². The van der Waals surface area contributed by atoms with Crippen LogP contribution in [0.4, 0.5) is 13.2 Å². The number of halogens is 4. The van der Waals surface area contributed by atoms with Crippen LogP contribution in [-0.4, -0.2) is 16.5 Å². The zero-order chi connectivity index (χ0) is 18.4. The van der Waals surface area contributed by atoms with Gasteiger partial charge in [-0.05, 0) is 17.7 Å². The fourth-order valence-electron chi connectivity index (χ4n) is 1.84. The summed E-state index contributed by atoms with van der Waals surface area (Å²) in [6.45, 7) is 0. The Balaban J connectivity index is 2.09. The highest BCUT2D eigenvalue weighted by Crippen LogP contribution is 2.39. The molecule has 2 aromatic carbocycles. The van der Waals surface area contributed by atoms with Crippen LogP contribution in [0, 0.1) is 0 Å². The van der Waals surface area contributed by atoms with Gasteiger partial charge in [-0.1, -0.05) is 58.0 Å². The number of hydrogen-bond donors (Lipinski definition) is 2. The molecule has 9 heteroatoms. The smallest absolute Gasteiger partial charge is 0.420 e. The van der Waals surface area contributed by atoms with Crippen molar-refractivity contribution in [2.24, 2.45) is 15.9 Å². The van der Waals surface area contributed by atoms with Gasteiger partial charge >= 0.3 is 6.18 Å². The number of rotatable bonds is 4. The molecular formula is C16H13BrF3N3OS. The molecule has 0 saturated carbocycles. The summed E-state index contributed by atoms with van der Waals surface area (Å²) >= 11 is 4.22. The molecule has 3 N–H and O–H groups in total. The molecule has 0 atom stereocenters. The number of aromatic hydroxyl groups is 1. The summed E-state index contributed by atoms with van der Waals surface area (Å²) in [6.07, 6.45) is -3.66. The van der Waals surface area contributed by atoms with Crippen LogP contribution in [-0.2, 0) is 11.9 Å². The molecule has 0 bridgehead atoms. The number of thioether (sulfide) groups is 1. The number of nitrogens with zero attached hydrogens (tertiary/aromatic N) is 2. The average Bonchev–Trinajstić information content (AvgIpc) is 2.55. The summed E-state index contributed by atoms with van der Waals surface area (Å²) in [7, 11) is 0. The third-order valence-electron chi connectivity index (χ3n) is 2.99. The van der Waals surface area contributed by atoms with Crippen LogP contribution in [0.5, 0.6) is 5.75 Å². The van der Waals surface area contributed by atoms with Gasteiger partial charge in [-0.15, -0.1) is 5.10 Å². The third-order valence-corrected chi connectivity index (χ3v) is 4.31. The Morgan fingerprint density at radius 3 is 2.56 bits per heavy atom. The van der Waals surface area contributed by atoms with Crippen molar-refractivity contribution in [3.05, 3.63) is 63.6 Å². The molecule has 0 fully saturated rings. The first-order valence-corrected chi connectivity index (χ1v) is 8.68. The van der Waals surface area contributed by atoms with E-state index in [2.05, 4.69) is 26.1 Å². The van der Waals surface area contributed by atoms with E-state index in [1.165, 1.54) is 17.8 Å². The molecule has 0 unspecified atom stereocenters. The van der Waals surface area contributed by atoms with Gasteiger partial charge in [0.1, 0.15) is 5.75 Å². The van der Waals surface area contributed by atoms with Crippen molar-refractivity contribution < 1.29 is 18.3 Å². The van der Waals surface area contributed by atoms with E-state index in [4.69, 9.17) is 5.73 Å². The Morgan fingerprint density at radius 2 is 1.92 bits per heavy atom. The molecule has 0 amide bonds. The normalized spacial score (nSPS) is 12.7. The Labute approximate surface area is 154 Å². The van der Waals surface area contributed by atoms with Gasteiger partial charge in [-0.25, -0.2) is 0 Å². The van der Waals surface area contributed by atoms with Crippen LogP contribution in [0.15, 0.2) is 57.1 Å². The van der Waals surface area contributed by atoms with E-state index < -0.39 is 17.5 Å². The summed E-state index contributed by atoms with van der Waals surface area (Å²) < 4.78 is 38.7. The first-order valence-electron chi connectivity index (χ1n) is 6.90. The fourth-order valence-corrected chi connectivity index (χ4v) is 2.93. The van der Waals surface area contributed by atoms with Gasteiger partial charge in [-0.2, -0.15) is 18.3 Å². The molecular weight excluding hydrogens is 419 g/mol. The number of nitrogens with two attached hydrogens (primary N) is 1. The molecule has 0 aromatic heterocycles. The molecule has 0 aliphatic carbocycles. The topological polar surface area (TPSA) is 71.0 Å². The van der Waals surface area contributed by atoms with E-state index in [1.54, 1.807) is 0 Å². The van der Waals surface area contributed by atoms with Gasteiger partial charge in [0.25, 0.3) is 0 Å². The highest BCUT2D eigenvalue weighted by molar-refractivity contribution is 9.10. The molecule has 2 aromatic rings. The third kappa shape index (κ3) is 5.79. The van der Waals surface area contributed by atoms with Crippen molar-refractivity contribution in [3.63, 3.8) is 0 Å². The quantitative estimate of drug-likeness (QED) is 0.416. The molecule has 25 heavy (non-hydrogen) atoms. The molecule has 0 heterocycles. The maximum atomic E-state index is 12.8. The first-order chi connectivity index (χ1) is 11.8. The zero-order valence-corrected chi connectivity index (χ0v) is 15.1. The number of alkyl halides is 3. The average molecular weight is 432 g/mol. The van der Waals surface area contributed by atoms with E-state index in [9.17, 15) is 18.3 Å². The Kier molecular flexibility index (Phi) is 6.49. The molecule has 0 radical (unpaired) electrons. The molecule has 0 aliphatic heterocycles. The van der Waals surface area contributed by atoms with E-state index in [0.717, 1.165) is 17.8 Å². The lowest BCUT2D eigenvalue weighted by Crippen LogP contribution is -2.07. The van der Waals surface area contributed by atoms with Crippen LogP contribution in [0.25, 0.3) is 0 Å². The standard InChI is InChI=1S/C16H13BrF3N3OS/c17-12-6-11(14(24)13(7-12)16(18,19)20)8-22-23-15(21)25-9-10-4-2-1-3-5-10/h1-8,24H,9H2,(H2,21,23).